The number of amides is 2. The first kappa shape index (κ1) is 15.8. The Bertz CT molecular complexity index is 74.6. The van der Waals surface area contributed by atoms with Gasteiger partial charge in [0.25, 0.3) is 0 Å². The quantitative estimate of drug-likeness (QED) is 0.618. The molecule has 0 radical (unpaired) electrons. The number of nitrogens with zero attached hydrogens (tertiary/aromatic N) is 2. The van der Waals surface area contributed by atoms with Crippen molar-refractivity contribution in [2.75, 3.05) is 0 Å². The van der Waals surface area contributed by atoms with Crippen LogP contribution in [0.25, 0.3) is 11.5 Å². The molecule has 0 rings (SSSR count). The first-order valence-electron chi connectivity index (χ1n) is 1.30. The summed E-state index contributed by atoms with van der Waals surface area (Å²) in [6.45, 7) is 0. The van der Waals surface area contributed by atoms with Gasteiger partial charge in [-0.2, -0.15) is 0 Å². The van der Waals surface area contributed by atoms with Gasteiger partial charge in [-0.3, -0.25) is 0 Å². The van der Waals surface area contributed by atoms with Crippen LogP contribution in [-0.4, -0.2) is 22.4 Å². The zero-order valence-corrected chi connectivity index (χ0v) is 6.56. The Morgan fingerprint density at radius 2 is 1.00 bits per heavy atom. The van der Waals surface area contributed by atoms with Gasteiger partial charge in [-0.15, -0.1) is 0 Å². The van der Waals surface area contributed by atoms with Crippen LogP contribution in [0.5, 0.6) is 0 Å². The summed E-state index contributed by atoms with van der Waals surface area (Å²) in [6, 6.07) is 0. The Balaban J connectivity index is -0.0000000720. The van der Waals surface area contributed by atoms with E-state index in [1.807, 2.05) is 0 Å². The van der Waals surface area contributed by atoms with E-state index >= 15 is 0 Å². The van der Waals surface area contributed by atoms with Gasteiger partial charge >= 0.3 is 26.2 Å². The third-order valence-electron chi connectivity index (χ3n) is 0. The molecule has 0 aromatic carbocycles. The molecule has 0 heterocycles. The van der Waals surface area contributed by atoms with E-state index < -0.39 is 12.2 Å². The molecule has 0 saturated carbocycles. The monoisotopic (exact) mass is 208 g/mol. The molecule has 0 fully saturated rings. The van der Waals surface area contributed by atoms with Crippen molar-refractivity contribution in [3.63, 3.8) is 0 Å². The standard InChI is InChI=1S/2CHNO2.Zr/c2*2-1(3)4;/h2*(H,3,4);/q2*-2;+4. The van der Waals surface area contributed by atoms with Gasteiger partial charge < -0.3 is 31.3 Å². The second-order valence-electron chi connectivity index (χ2n) is 0.565. The summed E-state index contributed by atoms with van der Waals surface area (Å²) < 4.78 is 0. The van der Waals surface area contributed by atoms with Gasteiger partial charge in [-0.1, -0.05) is 0 Å². The molecule has 0 aliphatic rings. The van der Waals surface area contributed by atoms with Crippen LogP contribution in [0.4, 0.5) is 9.59 Å². The van der Waals surface area contributed by atoms with E-state index in [1.165, 1.54) is 0 Å². The van der Waals surface area contributed by atoms with Crippen LogP contribution in [0.15, 0.2) is 0 Å². The Hall–Kier alpha value is -0.577. The third-order valence-corrected chi connectivity index (χ3v) is 0. The van der Waals surface area contributed by atoms with Gasteiger partial charge in [-0.05, 0) is 0 Å². The van der Waals surface area contributed by atoms with Crippen molar-refractivity contribution in [2.45, 2.75) is 0 Å². The molecule has 0 unspecified atom stereocenters. The van der Waals surface area contributed by atoms with E-state index in [0.717, 1.165) is 0 Å². The van der Waals surface area contributed by atoms with Gasteiger partial charge in [0, 0.05) is 12.2 Å². The van der Waals surface area contributed by atoms with Gasteiger partial charge in [0.2, 0.25) is 0 Å². The molecule has 0 atom stereocenters. The van der Waals surface area contributed by atoms with Crippen molar-refractivity contribution in [1.82, 2.24) is 0 Å². The molecule has 48 valence electrons. The van der Waals surface area contributed by atoms with E-state index in [9.17, 15) is 0 Å². The second-order valence-corrected chi connectivity index (χ2v) is 0.565. The minimum absolute atomic E-state index is 0. The molecule has 0 bridgehead atoms. The zero-order valence-electron chi connectivity index (χ0n) is 4.11. The topological polar surface area (TPSA) is 119 Å². The summed E-state index contributed by atoms with van der Waals surface area (Å²) in [7, 11) is 0. The second kappa shape index (κ2) is 10.4. The molecule has 0 saturated heterocycles. The van der Waals surface area contributed by atoms with Gasteiger partial charge in [-0.25, -0.2) is 0 Å². The summed E-state index contributed by atoms with van der Waals surface area (Å²) >= 11 is 0. The minimum atomic E-state index is -1.83. The largest absolute Gasteiger partial charge is 4.00 e. The van der Waals surface area contributed by atoms with Crippen LogP contribution in [0.1, 0.15) is 0 Å². The molecule has 0 aromatic heterocycles. The average molecular weight is 209 g/mol. The first-order valence-corrected chi connectivity index (χ1v) is 1.30. The smallest absolute Gasteiger partial charge is 1.45 e. The number of hydrogen-bond donors (Lipinski definition) is 2. The Kier molecular flexibility index (Phi) is 18.3. The third kappa shape index (κ3) is 656. The van der Waals surface area contributed by atoms with Gasteiger partial charge in [0.1, 0.15) is 0 Å². The van der Waals surface area contributed by atoms with Crippen LogP contribution in [-0.2, 0) is 26.2 Å². The van der Waals surface area contributed by atoms with E-state index in [4.69, 9.17) is 31.3 Å². The number of carbonyl (C=O) groups is 2. The predicted molar refractivity (Wildman–Crippen MR) is 22.8 cm³/mol. The minimum Gasteiger partial charge on any atom is -1.45 e. The summed E-state index contributed by atoms with van der Waals surface area (Å²) in [5.41, 5.74) is 13.9. The SMILES string of the molecule is [N-2]C(=O)O.[N-2]C(=O)O.[Zr+4]. The number of hydrogen-bond acceptors (Lipinski definition) is 2. The molecule has 0 aliphatic heterocycles. The first-order chi connectivity index (χ1) is 3.46. The Morgan fingerprint density at radius 3 is 1.00 bits per heavy atom. The van der Waals surface area contributed by atoms with Gasteiger partial charge in [0.05, 0.1) is 0 Å². The molecule has 2 amide bonds. The van der Waals surface area contributed by atoms with E-state index in [2.05, 4.69) is 0 Å². The van der Waals surface area contributed by atoms with Crippen LogP contribution in [0, 0.1) is 0 Å². The molecule has 9 heavy (non-hydrogen) atoms. The van der Waals surface area contributed by atoms with Gasteiger partial charge in [0.15, 0.2) is 0 Å². The summed E-state index contributed by atoms with van der Waals surface area (Å²) in [6.07, 6.45) is -3.67. The van der Waals surface area contributed by atoms with Crippen molar-refractivity contribution < 1.29 is 46.0 Å². The fraction of sp³-hybridized carbons (Fsp3) is 0. The average Bonchev–Trinajstić information content (AvgIpc) is 1.25. The molecular formula is C2H2N2O4Zr. The summed E-state index contributed by atoms with van der Waals surface area (Å²) in [5, 5.41) is 13.9. The molecule has 0 aliphatic carbocycles. The van der Waals surface area contributed by atoms with Crippen molar-refractivity contribution in [3.05, 3.63) is 11.5 Å². The van der Waals surface area contributed by atoms with Crippen molar-refractivity contribution >= 4 is 12.2 Å². The molecule has 2 N–H and O–H groups in total. The summed E-state index contributed by atoms with van der Waals surface area (Å²) in [5.74, 6) is 0. The molecule has 0 spiro atoms. The van der Waals surface area contributed by atoms with Crippen molar-refractivity contribution in [1.29, 1.82) is 0 Å². The fourth-order valence-electron chi connectivity index (χ4n) is 0. The van der Waals surface area contributed by atoms with E-state index in [0.29, 0.717) is 0 Å². The maximum Gasteiger partial charge on any atom is 4.00 e. The zero-order chi connectivity index (χ0) is 7.15. The van der Waals surface area contributed by atoms with E-state index in [1.54, 1.807) is 0 Å². The van der Waals surface area contributed by atoms with E-state index in [-0.39, 0.29) is 26.2 Å². The van der Waals surface area contributed by atoms with Crippen LogP contribution >= 0.6 is 0 Å². The van der Waals surface area contributed by atoms with Crippen LogP contribution in [0.3, 0.4) is 0 Å². The normalized spacial score (nSPS) is 5.33. The van der Waals surface area contributed by atoms with Crippen molar-refractivity contribution in [3.8, 4) is 0 Å². The summed E-state index contributed by atoms with van der Waals surface area (Å²) in [4.78, 5) is 17.1. The molecular weight excluding hydrogens is 207 g/mol. The number of rotatable bonds is 0. The molecule has 6 nitrogen and oxygen atoms in total. The predicted octanol–water partition coefficient (Wildman–Crippen LogP) is 1.00. The van der Waals surface area contributed by atoms with Crippen LogP contribution < -0.4 is 0 Å². The maximum atomic E-state index is 8.56. The fourth-order valence-corrected chi connectivity index (χ4v) is 0. The molecule has 0 aromatic rings. The Morgan fingerprint density at radius 1 is 1.00 bits per heavy atom. The Labute approximate surface area is 69.9 Å². The maximum absolute atomic E-state index is 8.56. The van der Waals surface area contributed by atoms with Crippen molar-refractivity contribution in [2.24, 2.45) is 0 Å². The number of carboxylic acid groups (broad SMARTS) is 2. The molecule has 7 heteroatoms. The van der Waals surface area contributed by atoms with Crippen LogP contribution in [0.2, 0.25) is 0 Å².